The van der Waals surface area contributed by atoms with Crippen molar-refractivity contribution in [3.63, 3.8) is 0 Å². The normalized spacial score (nSPS) is 17.0. The first-order chi connectivity index (χ1) is 8.76. The van der Waals surface area contributed by atoms with Gasteiger partial charge in [0.05, 0.1) is 6.54 Å². The zero-order valence-corrected chi connectivity index (χ0v) is 11.8. The first-order valence-electron chi connectivity index (χ1n) is 6.54. The molecule has 0 aliphatic carbocycles. The predicted molar refractivity (Wildman–Crippen MR) is 69.5 cm³/mol. The van der Waals surface area contributed by atoms with E-state index in [0.717, 1.165) is 19.3 Å². The summed E-state index contributed by atoms with van der Waals surface area (Å²) >= 11 is 0. The van der Waals surface area contributed by atoms with Crippen LogP contribution in [0.4, 0.5) is 0 Å². The molecule has 1 N–H and O–H groups in total. The molecule has 6 heteroatoms. The summed E-state index contributed by atoms with van der Waals surface area (Å²) in [4.78, 5) is 37.7. The second kappa shape index (κ2) is 6.04. The average Bonchev–Trinajstić information content (AvgIpc) is 2.53. The molecule has 108 valence electrons. The maximum absolute atomic E-state index is 12.1. The molecule has 0 saturated carbocycles. The van der Waals surface area contributed by atoms with Gasteiger partial charge in [-0.15, -0.1) is 0 Å². The lowest BCUT2D eigenvalue weighted by atomic mass is 10.0. The van der Waals surface area contributed by atoms with Crippen molar-refractivity contribution in [2.24, 2.45) is 0 Å². The molecule has 1 fully saturated rings. The molecule has 0 aromatic carbocycles. The van der Waals surface area contributed by atoms with Crippen molar-refractivity contribution in [2.75, 3.05) is 20.1 Å². The molecule has 0 atom stereocenters. The number of aliphatic carboxylic acids is 1. The Morgan fingerprint density at radius 2 is 1.95 bits per heavy atom. The summed E-state index contributed by atoms with van der Waals surface area (Å²) in [6.45, 7) is 3.48. The molecule has 2 amide bonds. The van der Waals surface area contributed by atoms with Crippen LogP contribution >= 0.6 is 0 Å². The Balaban J connectivity index is 2.68. The molecule has 0 radical (unpaired) electrons. The highest BCUT2D eigenvalue weighted by molar-refractivity contribution is 5.89. The van der Waals surface area contributed by atoms with Crippen LogP contribution in [0.15, 0.2) is 0 Å². The minimum absolute atomic E-state index is 0.0209. The van der Waals surface area contributed by atoms with Crippen LogP contribution in [0.1, 0.15) is 39.5 Å². The van der Waals surface area contributed by atoms with Gasteiger partial charge >= 0.3 is 5.97 Å². The third kappa shape index (κ3) is 3.68. The SMILES string of the molecule is CN(C(=O)CN1CCCCCC1=O)C(C)(C)C(=O)O. The van der Waals surface area contributed by atoms with E-state index >= 15 is 0 Å². The lowest BCUT2D eigenvalue weighted by molar-refractivity contribution is -0.156. The topological polar surface area (TPSA) is 77.9 Å². The Bertz CT molecular complexity index is 379. The van der Waals surface area contributed by atoms with Crippen molar-refractivity contribution >= 4 is 17.8 Å². The van der Waals surface area contributed by atoms with Gasteiger partial charge in [0.25, 0.3) is 0 Å². The summed E-state index contributed by atoms with van der Waals surface area (Å²) in [6.07, 6.45) is 3.22. The van der Waals surface area contributed by atoms with Gasteiger partial charge in [0.15, 0.2) is 0 Å². The van der Waals surface area contributed by atoms with E-state index in [-0.39, 0.29) is 18.4 Å². The van der Waals surface area contributed by atoms with Crippen LogP contribution in [0.25, 0.3) is 0 Å². The standard InChI is InChI=1S/C13H22N2O4/c1-13(2,12(18)19)14(3)11(17)9-15-8-6-4-5-7-10(15)16/h4-9H2,1-3H3,(H,18,19). The second-order valence-electron chi connectivity index (χ2n) is 5.44. The monoisotopic (exact) mass is 270 g/mol. The van der Waals surface area contributed by atoms with Gasteiger partial charge < -0.3 is 14.9 Å². The summed E-state index contributed by atoms with van der Waals surface area (Å²) in [6, 6.07) is 0. The maximum Gasteiger partial charge on any atom is 0.329 e. The molecule has 0 spiro atoms. The van der Waals surface area contributed by atoms with Crippen molar-refractivity contribution in [3.05, 3.63) is 0 Å². The van der Waals surface area contributed by atoms with Gasteiger partial charge in [-0.25, -0.2) is 4.79 Å². The number of carboxylic acids is 1. The van der Waals surface area contributed by atoms with E-state index in [0.29, 0.717) is 13.0 Å². The highest BCUT2D eigenvalue weighted by Crippen LogP contribution is 2.15. The van der Waals surface area contributed by atoms with E-state index in [1.54, 1.807) is 0 Å². The number of likely N-dealkylation sites (tertiary alicyclic amines) is 1. The van der Waals surface area contributed by atoms with E-state index in [1.165, 1.54) is 30.7 Å². The molecule has 6 nitrogen and oxygen atoms in total. The number of nitrogens with zero attached hydrogens (tertiary/aromatic N) is 2. The fourth-order valence-electron chi connectivity index (χ4n) is 1.93. The Hall–Kier alpha value is -1.59. The summed E-state index contributed by atoms with van der Waals surface area (Å²) < 4.78 is 0. The molecule has 1 aliphatic heterocycles. The van der Waals surface area contributed by atoms with Gasteiger partial charge in [0.1, 0.15) is 5.54 Å². The van der Waals surface area contributed by atoms with Crippen LogP contribution in [0.5, 0.6) is 0 Å². The zero-order valence-electron chi connectivity index (χ0n) is 11.8. The number of rotatable bonds is 4. The second-order valence-corrected chi connectivity index (χ2v) is 5.44. The fraction of sp³-hybridized carbons (Fsp3) is 0.769. The van der Waals surface area contributed by atoms with Crippen molar-refractivity contribution < 1.29 is 19.5 Å². The van der Waals surface area contributed by atoms with Gasteiger partial charge in [0, 0.05) is 20.0 Å². The molecule has 1 saturated heterocycles. The number of carbonyl (C=O) groups excluding carboxylic acids is 2. The van der Waals surface area contributed by atoms with Crippen LogP contribution in [-0.2, 0) is 14.4 Å². The minimum atomic E-state index is -1.27. The van der Waals surface area contributed by atoms with Crippen LogP contribution in [-0.4, -0.2) is 58.4 Å². The van der Waals surface area contributed by atoms with E-state index in [1.807, 2.05) is 0 Å². The van der Waals surface area contributed by atoms with E-state index in [2.05, 4.69) is 0 Å². The number of carbonyl (C=O) groups is 3. The highest BCUT2D eigenvalue weighted by Gasteiger charge is 2.36. The van der Waals surface area contributed by atoms with Crippen LogP contribution < -0.4 is 0 Å². The molecule has 0 unspecified atom stereocenters. The lowest BCUT2D eigenvalue weighted by Gasteiger charge is -2.33. The maximum atomic E-state index is 12.1. The Morgan fingerprint density at radius 3 is 2.53 bits per heavy atom. The van der Waals surface area contributed by atoms with Gasteiger partial charge in [-0.3, -0.25) is 9.59 Å². The fourth-order valence-corrected chi connectivity index (χ4v) is 1.93. The van der Waals surface area contributed by atoms with Crippen molar-refractivity contribution in [3.8, 4) is 0 Å². The number of carboxylic acid groups (broad SMARTS) is 1. The highest BCUT2D eigenvalue weighted by atomic mass is 16.4. The molecule has 0 aromatic rings. The van der Waals surface area contributed by atoms with E-state index in [4.69, 9.17) is 5.11 Å². The molecular weight excluding hydrogens is 248 g/mol. The van der Waals surface area contributed by atoms with Crippen LogP contribution in [0.2, 0.25) is 0 Å². The molecule has 0 aromatic heterocycles. The Morgan fingerprint density at radius 1 is 1.32 bits per heavy atom. The van der Waals surface area contributed by atoms with E-state index in [9.17, 15) is 14.4 Å². The first-order valence-corrected chi connectivity index (χ1v) is 6.54. The minimum Gasteiger partial charge on any atom is -0.480 e. The number of likely N-dealkylation sites (N-methyl/N-ethyl adjacent to an activating group) is 1. The van der Waals surface area contributed by atoms with Crippen molar-refractivity contribution in [1.29, 1.82) is 0 Å². The van der Waals surface area contributed by atoms with Gasteiger partial charge in [-0.2, -0.15) is 0 Å². The third-order valence-electron chi connectivity index (χ3n) is 3.73. The summed E-state index contributed by atoms with van der Waals surface area (Å²) in [7, 11) is 1.46. The largest absolute Gasteiger partial charge is 0.480 e. The predicted octanol–water partition coefficient (Wildman–Crippen LogP) is 0.711. The van der Waals surface area contributed by atoms with Crippen LogP contribution in [0.3, 0.4) is 0 Å². The lowest BCUT2D eigenvalue weighted by Crippen LogP contribution is -2.53. The number of hydrogen-bond acceptors (Lipinski definition) is 3. The molecule has 19 heavy (non-hydrogen) atoms. The smallest absolute Gasteiger partial charge is 0.329 e. The van der Waals surface area contributed by atoms with Gasteiger partial charge in [-0.1, -0.05) is 6.42 Å². The summed E-state index contributed by atoms with van der Waals surface area (Å²) in [5.41, 5.74) is -1.27. The number of hydrogen-bond donors (Lipinski definition) is 1. The first kappa shape index (κ1) is 15.5. The third-order valence-corrected chi connectivity index (χ3v) is 3.73. The molecule has 1 heterocycles. The van der Waals surface area contributed by atoms with Gasteiger partial charge in [-0.05, 0) is 26.7 Å². The Kier molecular flexibility index (Phi) is 4.91. The summed E-state index contributed by atoms with van der Waals surface area (Å²) in [5, 5.41) is 9.09. The van der Waals surface area contributed by atoms with E-state index < -0.39 is 11.5 Å². The van der Waals surface area contributed by atoms with Crippen molar-refractivity contribution in [2.45, 2.75) is 45.1 Å². The van der Waals surface area contributed by atoms with Crippen molar-refractivity contribution in [1.82, 2.24) is 9.80 Å². The number of amides is 2. The zero-order chi connectivity index (χ0) is 14.6. The average molecular weight is 270 g/mol. The quantitative estimate of drug-likeness (QED) is 0.816. The molecule has 1 rings (SSSR count). The van der Waals surface area contributed by atoms with Crippen LogP contribution in [0, 0.1) is 0 Å². The molecule has 1 aliphatic rings. The van der Waals surface area contributed by atoms with Gasteiger partial charge in [0.2, 0.25) is 11.8 Å². The Labute approximate surface area is 113 Å². The summed E-state index contributed by atoms with van der Waals surface area (Å²) in [5.74, 6) is -1.43. The molecular formula is C13H22N2O4. The molecule has 0 bridgehead atoms.